The molecule has 1 aromatic carbocycles. The molecule has 220 valence electrons. The molecule has 12 heteroatoms. The van der Waals surface area contributed by atoms with Gasteiger partial charge in [0.1, 0.15) is 22.1 Å². The lowest BCUT2D eigenvalue weighted by Crippen LogP contribution is -2.37. The molecule has 1 unspecified atom stereocenters. The van der Waals surface area contributed by atoms with Crippen LogP contribution in [0.3, 0.4) is 0 Å². The number of nitrogens with one attached hydrogen (secondary N) is 1. The predicted molar refractivity (Wildman–Crippen MR) is 158 cm³/mol. The van der Waals surface area contributed by atoms with Crippen LogP contribution in [-0.2, 0) is 17.8 Å². The van der Waals surface area contributed by atoms with Gasteiger partial charge in [0.2, 0.25) is 0 Å². The van der Waals surface area contributed by atoms with E-state index in [1.807, 2.05) is 19.9 Å². The van der Waals surface area contributed by atoms with Crippen LogP contribution in [0.5, 0.6) is 0 Å². The molecule has 1 aliphatic heterocycles. The number of hydrogen-bond acceptors (Lipinski definition) is 8. The summed E-state index contributed by atoms with van der Waals surface area (Å²) >= 11 is 6.12. The second-order valence-electron chi connectivity index (χ2n) is 11.4. The van der Waals surface area contributed by atoms with Crippen LogP contribution in [-0.4, -0.2) is 49.0 Å². The zero-order valence-corrected chi connectivity index (χ0v) is 25.0. The number of esters is 1. The van der Waals surface area contributed by atoms with Gasteiger partial charge in [-0.1, -0.05) is 17.7 Å². The number of amides is 1. The van der Waals surface area contributed by atoms with Crippen molar-refractivity contribution in [2.24, 2.45) is 0 Å². The fourth-order valence-electron chi connectivity index (χ4n) is 5.09. The van der Waals surface area contributed by atoms with Crippen molar-refractivity contribution < 1.29 is 23.8 Å². The number of rotatable bonds is 5. The molecule has 2 N–H and O–H groups in total. The van der Waals surface area contributed by atoms with Crippen molar-refractivity contribution in [3.63, 3.8) is 0 Å². The predicted octanol–water partition coefficient (Wildman–Crippen LogP) is 5.94. The molecule has 4 aromatic rings. The molecule has 5 rings (SSSR count). The Kier molecular flexibility index (Phi) is 7.48. The lowest BCUT2D eigenvalue weighted by Gasteiger charge is -2.26. The van der Waals surface area contributed by atoms with E-state index in [4.69, 9.17) is 20.8 Å². The monoisotopic (exact) mass is 593 g/mol. The number of carbonyl (C=O) groups excluding carboxylic acids is 1. The van der Waals surface area contributed by atoms with Crippen LogP contribution in [0.25, 0.3) is 22.3 Å². The minimum absolute atomic E-state index is 0.0358. The van der Waals surface area contributed by atoms with Crippen LogP contribution in [0.4, 0.5) is 10.5 Å². The molecule has 0 fully saturated rings. The van der Waals surface area contributed by atoms with E-state index in [9.17, 15) is 19.5 Å². The summed E-state index contributed by atoms with van der Waals surface area (Å²) in [5, 5.41) is 17.9. The van der Waals surface area contributed by atoms with Crippen molar-refractivity contribution in [1.29, 1.82) is 0 Å². The molecule has 1 amide bonds. The van der Waals surface area contributed by atoms with E-state index in [0.717, 1.165) is 5.56 Å². The second-order valence-corrected chi connectivity index (χ2v) is 11.8. The number of aromatic nitrogens is 3. The summed E-state index contributed by atoms with van der Waals surface area (Å²) in [6.07, 6.45) is 0.588. The Labute approximate surface area is 247 Å². The van der Waals surface area contributed by atoms with E-state index >= 15 is 0 Å². The fraction of sp³-hybridized carbons (Fsp3) is 0.367. The Morgan fingerprint density at radius 2 is 1.93 bits per heavy atom. The standard InChI is InChI=1S/C30H32ClN5O6/c1-15-11-18(17(3)33-21-7-8-23(31)34-24(21)28(38)42-30(4,5)6)27-19(12-15)25(37)16(2)26(41-27)20-13-32-36-10-9-35(29(39)40)14-22(20)36/h7-8,11-13,17,33H,9-10,14H2,1-6H3,(H,39,40). The molecule has 0 bridgehead atoms. The molecule has 3 aromatic heterocycles. The minimum Gasteiger partial charge on any atom is -0.465 e. The van der Waals surface area contributed by atoms with Crippen LogP contribution in [0, 0.1) is 13.8 Å². The summed E-state index contributed by atoms with van der Waals surface area (Å²) in [6.45, 7) is 11.6. The molecule has 11 nitrogen and oxygen atoms in total. The third-order valence-electron chi connectivity index (χ3n) is 7.07. The summed E-state index contributed by atoms with van der Waals surface area (Å²) in [6, 6.07) is 6.48. The molecule has 42 heavy (non-hydrogen) atoms. The Hall–Kier alpha value is -4.38. The van der Waals surface area contributed by atoms with Gasteiger partial charge in [-0.15, -0.1) is 0 Å². The number of carbonyl (C=O) groups is 2. The third kappa shape index (κ3) is 5.56. The summed E-state index contributed by atoms with van der Waals surface area (Å²) < 4.78 is 13.8. The SMILES string of the molecule is Cc1cc(C(C)Nc2ccc(Cl)nc2C(=O)OC(C)(C)C)c2oc(-c3cnn4c3CN(C(=O)O)CC4)c(C)c(=O)c2c1. The number of fused-ring (bicyclic) bond motifs is 2. The number of benzene rings is 1. The number of hydrogen-bond donors (Lipinski definition) is 2. The molecular formula is C30H32ClN5O6. The maximum Gasteiger partial charge on any atom is 0.407 e. The van der Waals surface area contributed by atoms with Gasteiger partial charge < -0.3 is 24.5 Å². The van der Waals surface area contributed by atoms with Gasteiger partial charge in [-0.05, 0) is 65.3 Å². The second kappa shape index (κ2) is 10.8. The Balaban J connectivity index is 1.60. The summed E-state index contributed by atoms with van der Waals surface area (Å²) in [7, 11) is 0. The van der Waals surface area contributed by atoms with Crippen molar-refractivity contribution in [2.45, 2.75) is 66.3 Å². The number of nitrogens with zero attached hydrogens (tertiary/aromatic N) is 4. The molecule has 0 spiro atoms. The van der Waals surface area contributed by atoms with Crippen LogP contribution in [0.15, 0.2) is 39.7 Å². The van der Waals surface area contributed by atoms with Crippen molar-refractivity contribution in [2.75, 3.05) is 11.9 Å². The van der Waals surface area contributed by atoms with Crippen LogP contribution < -0.4 is 10.7 Å². The summed E-state index contributed by atoms with van der Waals surface area (Å²) in [5.41, 5.74) is 3.05. The highest BCUT2D eigenvalue weighted by molar-refractivity contribution is 6.29. The molecule has 0 aliphatic carbocycles. The van der Waals surface area contributed by atoms with Gasteiger partial charge in [0.25, 0.3) is 0 Å². The highest BCUT2D eigenvalue weighted by atomic mass is 35.5. The Bertz CT molecular complexity index is 1790. The highest BCUT2D eigenvalue weighted by Gasteiger charge is 2.28. The summed E-state index contributed by atoms with van der Waals surface area (Å²) in [5.74, 6) is -0.291. The van der Waals surface area contributed by atoms with Gasteiger partial charge in [-0.25, -0.2) is 14.6 Å². The Morgan fingerprint density at radius 3 is 2.62 bits per heavy atom. The van der Waals surface area contributed by atoms with Gasteiger partial charge in [0.05, 0.1) is 47.7 Å². The van der Waals surface area contributed by atoms with Gasteiger partial charge in [-0.3, -0.25) is 9.48 Å². The number of ether oxygens (including phenoxy) is 1. The molecule has 1 aliphatic rings. The molecule has 0 saturated carbocycles. The van der Waals surface area contributed by atoms with Crippen molar-refractivity contribution in [1.82, 2.24) is 19.7 Å². The number of carboxylic acid groups (broad SMARTS) is 1. The van der Waals surface area contributed by atoms with Crippen molar-refractivity contribution >= 4 is 40.3 Å². The quantitative estimate of drug-likeness (QED) is 0.212. The van der Waals surface area contributed by atoms with E-state index in [0.29, 0.717) is 57.9 Å². The van der Waals surface area contributed by atoms with E-state index in [1.165, 1.54) is 4.90 Å². The van der Waals surface area contributed by atoms with Crippen LogP contribution in [0.2, 0.25) is 5.15 Å². The lowest BCUT2D eigenvalue weighted by atomic mass is 9.98. The van der Waals surface area contributed by atoms with Gasteiger partial charge in [0.15, 0.2) is 11.1 Å². The zero-order valence-electron chi connectivity index (χ0n) is 24.2. The topological polar surface area (TPSA) is 140 Å². The zero-order chi connectivity index (χ0) is 30.5. The Morgan fingerprint density at radius 1 is 1.19 bits per heavy atom. The first-order chi connectivity index (χ1) is 19.7. The van der Waals surface area contributed by atoms with Crippen molar-refractivity contribution in [3.05, 3.63) is 73.9 Å². The first-order valence-electron chi connectivity index (χ1n) is 13.5. The molecular weight excluding hydrogens is 562 g/mol. The summed E-state index contributed by atoms with van der Waals surface area (Å²) in [4.78, 5) is 43.8. The highest BCUT2D eigenvalue weighted by Crippen LogP contribution is 2.35. The minimum atomic E-state index is -1.02. The molecule has 0 radical (unpaired) electrons. The van der Waals surface area contributed by atoms with E-state index in [-0.39, 0.29) is 22.8 Å². The van der Waals surface area contributed by atoms with Gasteiger partial charge >= 0.3 is 12.1 Å². The smallest absolute Gasteiger partial charge is 0.407 e. The molecule has 4 heterocycles. The maximum absolute atomic E-state index is 13.7. The molecule has 0 saturated heterocycles. The van der Waals surface area contributed by atoms with Crippen molar-refractivity contribution in [3.8, 4) is 11.3 Å². The van der Waals surface area contributed by atoms with E-state index in [1.54, 1.807) is 56.8 Å². The normalized spacial score (nSPS) is 14.0. The van der Waals surface area contributed by atoms with Gasteiger partial charge in [-0.2, -0.15) is 5.10 Å². The van der Waals surface area contributed by atoms with E-state index in [2.05, 4.69) is 15.4 Å². The number of anilines is 1. The van der Waals surface area contributed by atoms with Gasteiger partial charge in [0, 0.05) is 17.7 Å². The average molecular weight is 594 g/mol. The number of aryl methyl sites for hydroxylation is 1. The largest absolute Gasteiger partial charge is 0.465 e. The number of halogens is 1. The van der Waals surface area contributed by atoms with Crippen LogP contribution >= 0.6 is 11.6 Å². The first-order valence-corrected chi connectivity index (χ1v) is 13.9. The fourth-order valence-corrected chi connectivity index (χ4v) is 5.24. The number of pyridine rings is 1. The average Bonchev–Trinajstić information content (AvgIpc) is 3.33. The van der Waals surface area contributed by atoms with E-state index < -0.39 is 23.7 Å². The van der Waals surface area contributed by atoms with Crippen LogP contribution in [0.1, 0.15) is 66.6 Å². The molecule has 1 atom stereocenters. The lowest BCUT2D eigenvalue weighted by molar-refractivity contribution is 0.00639. The maximum atomic E-state index is 13.7. The third-order valence-corrected chi connectivity index (χ3v) is 7.28. The first kappa shape index (κ1) is 29.1.